The maximum absolute atomic E-state index is 11.7. The number of carbonyl (C=O) groups excluding carboxylic acids is 1. The molecule has 0 saturated heterocycles. The van der Waals surface area contributed by atoms with Crippen molar-refractivity contribution in [3.05, 3.63) is 35.4 Å². The van der Waals surface area contributed by atoms with Crippen molar-refractivity contribution < 1.29 is 9.53 Å². The van der Waals surface area contributed by atoms with Crippen molar-refractivity contribution >= 4 is 5.97 Å². The van der Waals surface area contributed by atoms with Gasteiger partial charge in [0.2, 0.25) is 0 Å². The van der Waals surface area contributed by atoms with E-state index in [0.717, 1.165) is 24.8 Å². The lowest BCUT2D eigenvalue weighted by atomic mass is 9.84. The molecule has 1 fully saturated rings. The monoisotopic (exact) mass is 247 g/mol. The molecule has 18 heavy (non-hydrogen) atoms. The van der Waals surface area contributed by atoms with E-state index >= 15 is 0 Å². The zero-order valence-electron chi connectivity index (χ0n) is 11.3. The molecule has 0 amide bonds. The first kappa shape index (κ1) is 13.1. The second-order valence-corrected chi connectivity index (χ2v) is 5.85. The van der Waals surface area contributed by atoms with Crippen molar-refractivity contribution in [2.45, 2.75) is 44.1 Å². The van der Waals surface area contributed by atoms with E-state index in [0.29, 0.717) is 0 Å². The van der Waals surface area contributed by atoms with Crippen LogP contribution in [0.5, 0.6) is 0 Å². The van der Waals surface area contributed by atoms with Gasteiger partial charge in [0.25, 0.3) is 0 Å². The second kappa shape index (κ2) is 4.39. The van der Waals surface area contributed by atoms with Gasteiger partial charge in [0.05, 0.1) is 12.5 Å². The zero-order chi connectivity index (χ0) is 13.4. The van der Waals surface area contributed by atoms with Gasteiger partial charge in [-0.05, 0) is 44.2 Å². The van der Waals surface area contributed by atoms with Crippen molar-refractivity contribution in [2.24, 2.45) is 5.73 Å². The van der Waals surface area contributed by atoms with E-state index in [2.05, 4.69) is 12.1 Å². The number of benzene rings is 1. The minimum atomic E-state index is -0.604. The van der Waals surface area contributed by atoms with Crippen LogP contribution >= 0.6 is 0 Å². The highest BCUT2D eigenvalue weighted by Gasteiger charge is 2.38. The molecular formula is C15H21NO2. The van der Waals surface area contributed by atoms with Crippen LogP contribution in [0.1, 0.15) is 37.8 Å². The quantitative estimate of drug-likeness (QED) is 0.830. The van der Waals surface area contributed by atoms with E-state index in [1.165, 1.54) is 12.7 Å². The Bertz CT molecular complexity index is 444. The Labute approximate surface area is 108 Å². The molecule has 0 aromatic heterocycles. The smallest absolute Gasteiger partial charge is 0.315 e. The van der Waals surface area contributed by atoms with Crippen LogP contribution in [0.4, 0.5) is 0 Å². The largest absolute Gasteiger partial charge is 0.468 e. The molecule has 0 spiro atoms. The molecule has 0 bridgehead atoms. The molecule has 0 unspecified atom stereocenters. The van der Waals surface area contributed by atoms with E-state index < -0.39 is 5.41 Å². The van der Waals surface area contributed by atoms with Gasteiger partial charge in [-0.15, -0.1) is 0 Å². The Balaban J connectivity index is 2.14. The average Bonchev–Trinajstić information content (AvgIpc) is 3.06. The lowest BCUT2D eigenvalue weighted by Crippen LogP contribution is -2.30. The highest BCUT2D eigenvalue weighted by atomic mass is 16.5. The Morgan fingerprint density at radius 3 is 2.33 bits per heavy atom. The molecule has 1 aromatic rings. The van der Waals surface area contributed by atoms with E-state index in [-0.39, 0.29) is 11.5 Å². The van der Waals surface area contributed by atoms with Crippen molar-refractivity contribution in [1.29, 1.82) is 0 Å². The number of rotatable bonds is 4. The average molecular weight is 247 g/mol. The van der Waals surface area contributed by atoms with Crippen LogP contribution in [-0.2, 0) is 21.4 Å². The van der Waals surface area contributed by atoms with E-state index in [9.17, 15) is 4.79 Å². The zero-order valence-corrected chi connectivity index (χ0v) is 11.3. The first-order valence-corrected chi connectivity index (χ1v) is 6.34. The van der Waals surface area contributed by atoms with Gasteiger partial charge in [0, 0.05) is 5.54 Å². The highest BCUT2D eigenvalue weighted by Crippen LogP contribution is 2.36. The molecule has 2 N–H and O–H groups in total. The third-order valence-electron chi connectivity index (χ3n) is 3.82. The molecule has 0 radical (unpaired) electrons. The van der Waals surface area contributed by atoms with Gasteiger partial charge in [-0.3, -0.25) is 4.79 Å². The van der Waals surface area contributed by atoms with Crippen LogP contribution < -0.4 is 5.73 Å². The van der Waals surface area contributed by atoms with Gasteiger partial charge in [-0.2, -0.15) is 0 Å². The molecule has 1 aliphatic carbocycles. The maximum Gasteiger partial charge on any atom is 0.315 e. The number of nitrogens with two attached hydrogens (primary N) is 1. The SMILES string of the molecule is COC(=O)C(C)(C)c1ccc(CC2(N)CC2)cc1. The number of hydrogen-bond acceptors (Lipinski definition) is 3. The highest BCUT2D eigenvalue weighted by molar-refractivity contribution is 5.82. The maximum atomic E-state index is 11.7. The summed E-state index contributed by atoms with van der Waals surface area (Å²) in [5.41, 5.74) is 7.73. The van der Waals surface area contributed by atoms with E-state index in [4.69, 9.17) is 10.5 Å². The number of hydrogen-bond donors (Lipinski definition) is 1. The fraction of sp³-hybridized carbons (Fsp3) is 0.533. The summed E-state index contributed by atoms with van der Waals surface area (Å²) in [6.45, 7) is 3.75. The molecule has 98 valence electrons. The van der Waals surface area contributed by atoms with Gasteiger partial charge < -0.3 is 10.5 Å². The van der Waals surface area contributed by atoms with Crippen molar-refractivity contribution in [3.63, 3.8) is 0 Å². The minimum Gasteiger partial charge on any atom is -0.468 e. The number of esters is 1. The number of carbonyl (C=O) groups is 1. The fourth-order valence-electron chi connectivity index (χ4n) is 2.16. The molecule has 1 aromatic carbocycles. The summed E-state index contributed by atoms with van der Waals surface area (Å²) in [4.78, 5) is 11.7. The normalized spacial score (nSPS) is 17.3. The molecule has 2 rings (SSSR count). The topological polar surface area (TPSA) is 52.3 Å². The number of methoxy groups -OCH3 is 1. The first-order valence-electron chi connectivity index (χ1n) is 6.34. The summed E-state index contributed by atoms with van der Waals surface area (Å²) in [5, 5.41) is 0. The van der Waals surface area contributed by atoms with E-state index in [1.807, 2.05) is 26.0 Å². The molecule has 0 atom stereocenters. The predicted octanol–water partition coefficient (Wildman–Crippen LogP) is 2.17. The summed E-state index contributed by atoms with van der Waals surface area (Å²) in [5.74, 6) is -0.215. The van der Waals surface area contributed by atoms with Gasteiger partial charge >= 0.3 is 5.97 Å². The lowest BCUT2D eigenvalue weighted by molar-refractivity contribution is -0.146. The lowest BCUT2D eigenvalue weighted by Gasteiger charge is -2.22. The minimum absolute atomic E-state index is 0.0272. The first-order chi connectivity index (χ1) is 8.37. The Hall–Kier alpha value is -1.35. The summed E-state index contributed by atoms with van der Waals surface area (Å²) in [6.07, 6.45) is 3.15. The summed E-state index contributed by atoms with van der Waals surface area (Å²) >= 11 is 0. The third kappa shape index (κ3) is 2.56. The van der Waals surface area contributed by atoms with Gasteiger partial charge in [0.1, 0.15) is 0 Å². The second-order valence-electron chi connectivity index (χ2n) is 5.85. The van der Waals surface area contributed by atoms with Crippen molar-refractivity contribution in [3.8, 4) is 0 Å². The fourth-order valence-corrected chi connectivity index (χ4v) is 2.16. The Morgan fingerprint density at radius 1 is 1.33 bits per heavy atom. The van der Waals surface area contributed by atoms with Crippen LogP contribution in [0.3, 0.4) is 0 Å². The Morgan fingerprint density at radius 2 is 1.89 bits per heavy atom. The van der Waals surface area contributed by atoms with Gasteiger partial charge in [-0.25, -0.2) is 0 Å². The number of ether oxygens (including phenoxy) is 1. The molecular weight excluding hydrogens is 226 g/mol. The van der Waals surface area contributed by atoms with Gasteiger partial charge in [-0.1, -0.05) is 24.3 Å². The van der Waals surface area contributed by atoms with Crippen molar-refractivity contribution in [1.82, 2.24) is 0 Å². The van der Waals surface area contributed by atoms with Gasteiger partial charge in [0.15, 0.2) is 0 Å². The van der Waals surface area contributed by atoms with Crippen molar-refractivity contribution in [2.75, 3.05) is 7.11 Å². The van der Waals surface area contributed by atoms with Crippen LogP contribution in [0, 0.1) is 0 Å². The molecule has 1 aliphatic rings. The molecule has 3 heteroatoms. The van der Waals surface area contributed by atoms with Crippen LogP contribution in [0.15, 0.2) is 24.3 Å². The van der Waals surface area contributed by atoms with Crippen LogP contribution in [-0.4, -0.2) is 18.6 Å². The molecule has 0 heterocycles. The summed E-state index contributed by atoms with van der Waals surface area (Å²) in [6, 6.07) is 8.12. The summed E-state index contributed by atoms with van der Waals surface area (Å²) in [7, 11) is 1.42. The molecule has 0 aliphatic heterocycles. The predicted molar refractivity (Wildman–Crippen MR) is 71.3 cm³/mol. The standard InChI is InChI=1S/C15H21NO2/c1-14(2,13(17)18-3)12-6-4-11(5-7-12)10-15(16)8-9-15/h4-7H,8-10,16H2,1-3H3. The van der Waals surface area contributed by atoms with Crippen LogP contribution in [0.2, 0.25) is 0 Å². The molecule has 3 nitrogen and oxygen atoms in total. The summed E-state index contributed by atoms with van der Waals surface area (Å²) < 4.78 is 4.83. The Kier molecular flexibility index (Phi) is 3.20. The van der Waals surface area contributed by atoms with E-state index in [1.54, 1.807) is 0 Å². The van der Waals surface area contributed by atoms with Crippen LogP contribution in [0.25, 0.3) is 0 Å². The molecule has 1 saturated carbocycles. The third-order valence-corrected chi connectivity index (χ3v) is 3.82.